The average Bonchev–Trinajstić information content (AvgIpc) is 2.82. The van der Waals surface area contributed by atoms with Gasteiger partial charge in [-0.2, -0.15) is 0 Å². The lowest BCUT2D eigenvalue weighted by molar-refractivity contribution is -0.168. The third kappa shape index (κ3) is 4.32. The number of esters is 1. The second kappa shape index (κ2) is 9.35. The van der Waals surface area contributed by atoms with E-state index in [-0.39, 0.29) is 12.6 Å². The summed E-state index contributed by atoms with van der Waals surface area (Å²) in [5, 5.41) is 11.5. The van der Waals surface area contributed by atoms with Gasteiger partial charge in [-0.25, -0.2) is 4.79 Å². The van der Waals surface area contributed by atoms with Crippen LogP contribution in [0.4, 0.5) is 5.69 Å². The van der Waals surface area contributed by atoms with Crippen molar-refractivity contribution < 1.29 is 24.2 Å². The van der Waals surface area contributed by atoms with E-state index in [0.717, 1.165) is 0 Å². The van der Waals surface area contributed by atoms with Crippen LogP contribution in [0.15, 0.2) is 42.5 Å². The molecule has 0 spiro atoms. The van der Waals surface area contributed by atoms with Crippen LogP contribution in [0, 0.1) is 0 Å². The van der Waals surface area contributed by atoms with Gasteiger partial charge in [0.2, 0.25) is 0 Å². The van der Waals surface area contributed by atoms with Crippen molar-refractivity contribution in [1.82, 2.24) is 0 Å². The average molecular weight is 452 g/mol. The molecule has 1 N–H and O–H groups in total. The highest BCUT2D eigenvalue weighted by Crippen LogP contribution is 2.42. The Morgan fingerprint density at radius 3 is 2.53 bits per heavy atom. The summed E-state index contributed by atoms with van der Waals surface area (Å²) >= 11 is 12.7. The highest BCUT2D eigenvalue weighted by atomic mass is 35.5. The fourth-order valence-electron chi connectivity index (χ4n) is 3.51. The van der Waals surface area contributed by atoms with Crippen LogP contribution < -0.4 is 4.90 Å². The molecule has 3 atom stereocenters. The Morgan fingerprint density at radius 2 is 1.90 bits per heavy atom. The minimum atomic E-state index is -1.80. The fourth-order valence-corrected chi connectivity index (χ4v) is 3.93. The number of carbonyl (C=O) groups is 2. The summed E-state index contributed by atoms with van der Waals surface area (Å²) in [5.74, 6) is -1.48. The number of amides is 1. The van der Waals surface area contributed by atoms with Gasteiger partial charge in [0.05, 0.1) is 12.3 Å². The molecule has 1 aliphatic heterocycles. The van der Waals surface area contributed by atoms with E-state index in [1.165, 1.54) is 4.90 Å². The fraction of sp³-hybridized carbons (Fsp3) is 0.364. The predicted octanol–water partition coefficient (Wildman–Crippen LogP) is 4.15. The zero-order valence-electron chi connectivity index (χ0n) is 16.8. The molecule has 0 fully saturated rings. The van der Waals surface area contributed by atoms with Crippen molar-refractivity contribution in [1.29, 1.82) is 0 Å². The second-order valence-electron chi connectivity index (χ2n) is 7.16. The van der Waals surface area contributed by atoms with Crippen molar-refractivity contribution >= 4 is 40.8 Å². The molecule has 3 rings (SSSR count). The zero-order valence-corrected chi connectivity index (χ0v) is 18.4. The Hall–Kier alpha value is -2.12. The van der Waals surface area contributed by atoms with Gasteiger partial charge >= 0.3 is 5.97 Å². The third-order valence-corrected chi connectivity index (χ3v) is 5.39. The molecule has 8 heteroatoms. The van der Waals surface area contributed by atoms with E-state index in [4.69, 9.17) is 32.7 Å². The molecule has 0 saturated heterocycles. The highest BCUT2D eigenvalue weighted by molar-refractivity contribution is 6.31. The summed E-state index contributed by atoms with van der Waals surface area (Å²) in [7, 11) is 0. The number of anilines is 1. The van der Waals surface area contributed by atoms with Crippen molar-refractivity contribution in [2.75, 3.05) is 11.5 Å². The standard InChI is InChI=1S/C22H23Cl2NO5/c1-4-29-22(28)18(26)20-21(27)25(12(2)3)17-10-9-13(23)11-15(17)19(30-20)14-7-5-6-8-16(14)24/h5-12,18-20,26H,4H2,1-3H3/t18-,19-,20+/m1/s1. The molecule has 160 valence electrons. The smallest absolute Gasteiger partial charge is 0.338 e. The first-order chi connectivity index (χ1) is 14.3. The van der Waals surface area contributed by atoms with Gasteiger partial charge in [-0.15, -0.1) is 0 Å². The number of ether oxygens (including phenoxy) is 2. The number of aliphatic hydroxyl groups excluding tert-OH is 1. The molecule has 1 aliphatic rings. The SMILES string of the molecule is CCOC(=O)[C@H](O)[C@@H]1O[C@H](c2ccccc2Cl)c2cc(Cl)ccc2N(C(C)C)C1=O. The van der Waals surface area contributed by atoms with E-state index < -0.39 is 30.2 Å². The molecule has 2 aromatic rings. The van der Waals surface area contributed by atoms with Gasteiger partial charge in [0, 0.05) is 27.2 Å². The van der Waals surface area contributed by atoms with Gasteiger partial charge in [0.25, 0.3) is 5.91 Å². The normalized spacial score (nSPS) is 20.0. The number of fused-ring (bicyclic) bond motifs is 1. The molecule has 2 aromatic carbocycles. The van der Waals surface area contributed by atoms with Crippen molar-refractivity contribution in [3.63, 3.8) is 0 Å². The van der Waals surface area contributed by atoms with Crippen LogP contribution in [0.1, 0.15) is 38.0 Å². The van der Waals surface area contributed by atoms with Crippen LogP contribution in [-0.4, -0.2) is 41.8 Å². The molecule has 1 amide bonds. The van der Waals surface area contributed by atoms with Crippen molar-refractivity contribution in [3.8, 4) is 0 Å². The molecule has 0 aromatic heterocycles. The van der Waals surface area contributed by atoms with E-state index in [1.54, 1.807) is 49.4 Å². The number of halogens is 2. The maximum atomic E-state index is 13.4. The van der Waals surface area contributed by atoms with Gasteiger partial charge in [-0.3, -0.25) is 4.79 Å². The molecule has 0 unspecified atom stereocenters. The number of hydrogen-bond donors (Lipinski definition) is 1. The summed E-state index contributed by atoms with van der Waals surface area (Å²) in [5.41, 5.74) is 1.77. The minimum absolute atomic E-state index is 0.0640. The molecule has 30 heavy (non-hydrogen) atoms. The van der Waals surface area contributed by atoms with E-state index in [1.807, 2.05) is 13.8 Å². The summed E-state index contributed by atoms with van der Waals surface area (Å²) in [6.45, 7) is 5.35. The summed E-state index contributed by atoms with van der Waals surface area (Å²) < 4.78 is 11.0. The third-order valence-electron chi connectivity index (χ3n) is 4.81. The van der Waals surface area contributed by atoms with Crippen molar-refractivity contribution in [3.05, 3.63) is 63.6 Å². The molecule has 1 heterocycles. The monoisotopic (exact) mass is 451 g/mol. The van der Waals surface area contributed by atoms with Crippen molar-refractivity contribution in [2.24, 2.45) is 0 Å². The molecule has 0 aliphatic carbocycles. The van der Waals surface area contributed by atoms with Crippen LogP contribution in [0.5, 0.6) is 0 Å². The first kappa shape index (κ1) is 22.6. The van der Waals surface area contributed by atoms with Gasteiger partial charge in [-0.1, -0.05) is 41.4 Å². The maximum Gasteiger partial charge on any atom is 0.338 e. The Labute approximate surface area is 185 Å². The largest absolute Gasteiger partial charge is 0.464 e. The highest BCUT2D eigenvalue weighted by Gasteiger charge is 2.44. The molecule has 0 radical (unpaired) electrons. The summed E-state index contributed by atoms with van der Waals surface area (Å²) in [6, 6.07) is 11.9. The second-order valence-corrected chi connectivity index (χ2v) is 8.00. The van der Waals surface area contributed by atoms with E-state index >= 15 is 0 Å². The molecule has 6 nitrogen and oxygen atoms in total. The number of benzene rings is 2. The number of rotatable bonds is 5. The Bertz CT molecular complexity index is 949. The van der Waals surface area contributed by atoms with E-state index in [2.05, 4.69) is 0 Å². The van der Waals surface area contributed by atoms with Crippen molar-refractivity contribution in [2.45, 2.75) is 45.1 Å². The quantitative estimate of drug-likeness (QED) is 0.690. The van der Waals surface area contributed by atoms with Crippen LogP contribution in [0.3, 0.4) is 0 Å². The topological polar surface area (TPSA) is 76.1 Å². The Kier molecular flexibility index (Phi) is 7.03. The van der Waals surface area contributed by atoms with E-state index in [0.29, 0.717) is 26.9 Å². The number of nitrogens with zero attached hydrogens (tertiary/aromatic N) is 1. The maximum absolute atomic E-state index is 13.4. The first-order valence-electron chi connectivity index (χ1n) is 9.63. The number of aliphatic hydroxyl groups is 1. The Morgan fingerprint density at radius 1 is 1.20 bits per heavy atom. The van der Waals surface area contributed by atoms with Crippen LogP contribution in [0.2, 0.25) is 10.0 Å². The number of hydrogen-bond acceptors (Lipinski definition) is 5. The predicted molar refractivity (Wildman–Crippen MR) is 115 cm³/mol. The van der Waals surface area contributed by atoms with Gasteiger partial charge in [-0.05, 0) is 45.0 Å². The van der Waals surface area contributed by atoms with E-state index in [9.17, 15) is 14.7 Å². The molecular formula is C22H23Cl2NO5. The van der Waals surface area contributed by atoms with Gasteiger partial charge in [0.1, 0.15) is 6.10 Å². The van der Waals surface area contributed by atoms with Crippen LogP contribution >= 0.6 is 23.2 Å². The molecule has 0 saturated carbocycles. The summed E-state index contributed by atoms with van der Waals surface area (Å²) in [4.78, 5) is 27.2. The lowest BCUT2D eigenvalue weighted by atomic mass is 9.99. The van der Waals surface area contributed by atoms with Crippen LogP contribution in [-0.2, 0) is 19.1 Å². The minimum Gasteiger partial charge on any atom is -0.464 e. The molecular weight excluding hydrogens is 429 g/mol. The summed E-state index contributed by atoms with van der Waals surface area (Å²) in [6.07, 6.45) is -4.12. The van der Waals surface area contributed by atoms with Crippen LogP contribution in [0.25, 0.3) is 0 Å². The Balaban J connectivity index is 2.21. The first-order valence-corrected chi connectivity index (χ1v) is 10.4. The lowest BCUT2D eigenvalue weighted by Gasteiger charge is -2.29. The van der Waals surface area contributed by atoms with Gasteiger partial charge in [0.15, 0.2) is 12.2 Å². The van der Waals surface area contributed by atoms with Gasteiger partial charge < -0.3 is 19.5 Å². The zero-order chi connectivity index (χ0) is 22.0. The number of carbonyl (C=O) groups excluding carboxylic acids is 2. The lowest BCUT2D eigenvalue weighted by Crippen LogP contribution is -2.51. The molecule has 0 bridgehead atoms.